The number of halogens is 1. The summed E-state index contributed by atoms with van der Waals surface area (Å²) in [6, 6.07) is 1.79. The molecule has 0 unspecified atom stereocenters. The largest absolute Gasteiger partial charge is 0.399 e. The van der Waals surface area contributed by atoms with Crippen LogP contribution in [0, 0.1) is 6.92 Å². The molecule has 4 heteroatoms. The van der Waals surface area contributed by atoms with E-state index in [0.717, 1.165) is 46.5 Å². The molecular formula is C23H30FN3. The summed E-state index contributed by atoms with van der Waals surface area (Å²) in [5, 5.41) is 3.70. The molecule has 3 nitrogen and oxygen atoms in total. The topological polar surface area (TPSA) is 43.0 Å². The van der Waals surface area contributed by atoms with Crippen molar-refractivity contribution in [2.24, 2.45) is 5.73 Å². The molecule has 0 amide bonds. The second-order valence-electron chi connectivity index (χ2n) is 7.68. The summed E-state index contributed by atoms with van der Waals surface area (Å²) < 4.78 is 16.5. The molecule has 144 valence electrons. The van der Waals surface area contributed by atoms with Gasteiger partial charge in [0.05, 0.1) is 5.54 Å². The Bertz CT molecular complexity index is 873. The van der Waals surface area contributed by atoms with E-state index in [4.69, 9.17) is 5.73 Å². The first-order chi connectivity index (χ1) is 12.8. The number of allylic oxidation sites excluding steroid dienone is 4. The van der Waals surface area contributed by atoms with Gasteiger partial charge < -0.3 is 11.1 Å². The molecule has 1 aromatic heterocycles. The van der Waals surface area contributed by atoms with Crippen molar-refractivity contribution in [3.8, 4) is 0 Å². The lowest BCUT2D eigenvalue weighted by Gasteiger charge is -2.34. The zero-order valence-corrected chi connectivity index (χ0v) is 16.7. The van der Waals surface area contributed by atoms with Crippen molar-refractivity contribution in [1.82, 2.24) is 9.88 Å². The lowest BCUT2D eigenvalue weighted by molar-refractivity contribution is 0.317. The van der Waals surface area contributed by atoms with Crippen molar-refractivity contribution in [2.45, 2.75) is 58.4 Å². The van der Waals surface area contributed by atoms with Gasteiger partial charge in [-0.25, -0.2) is 0 Å². The van der Waals surface area contributed by atoms with Gasteiger partial charge in [-0.1, -0.05) is 38.5 Å². The average molecular weight is 368 g/mol. The van der Waals surface area contributed by atoms with Gasteiger partial charge in [0.25, 0.3) is 0 Å². The summed E-state index contributed by atoms with van der Waals surface area (Å²) in [7, 11) is 0. The number of nitrogens with zero attached hydrogens (tertiary/aromatic N) is 1. The van der Waals surface area contributed by atoms with E-state index in [1.807, 2.05) is 20.8 Å². The summed E-state index contributed by atoms with van der Waals surface area (Å²) >= 11 is 0. The number of hydrogen-bond donors (Lipinski definition) is 2. The van der Waals surface area contributed by atoms with Crippen molar-refractivity contribution < 1.29 is 4.39 Å². The van der Waals surface area contributed by atoms with Crippen LogP contribution in [0.25, 0.3) is 11.6 Å². The van der Waals surface area contributed by atoms with Gasteiger partial charge in [-0.3, -0.25) is 4.57 Å². The van der Waals surface area contributed by atoms with Gasteiger partial charge in [-0.05, 0) is 56.9 Å². The normalized spacial score (nSPS) is 23.0. The molecule has 2 fully saturated rings. The maximum Gasteiger partial charge on any atom is 0.198 e. The predicted molar refractivity (Wildman–Crippen MR) is 112 cm³/mol. The minimum atomic E-state index is -0.335. The van der Waals surface area contributed by atoms with Crippen LogP contribution in [0.5, 0.6) is 0 Å². The Morgan fingerprint density at radius 2 is 2.00 bits per heavy atom. The third kappa shape index (κ3) is 3.29. The molecule has 0 atom stereocenters. The first-order valence-corrected chi connectivity index (χ1v) is 9.66. The molecule has 1 aromatic rings. The van der Waals surface area contributed by atoms with Crippen LogP contribution in [0.15, 0.2) is 60.0 Å². The van der Waals surface area contributed by atoms with Gasteiger partial charge in [-0.15, -0.1) is 0 Å². The Morgan fingerprint density at radius 3 is 2.56 bits per heavy atom. The minimum Gasteiger partial charge on any atom is -0.399 e. The smallest absolute Gasteiger partial charge is 0.198 e. The van der Waals surface area contributed by atoms with Crippen LogP contribution in [0.4, 0.5) is 4.39 Å². The lowest BCUT2D eigenvalue weighted by Crippen LogP contribution is -2.41. The van der Waals surface area contributed by atoms with Crippen molar-refractivity contribution >= 4 is 11.6 Å². The fourth-order valence-electron chi connectivity index (χ4n) is 4.45. The van der Waals surface area contributed by atoms with Gasteiger partial charge >= 0.3 is 0 Å². The van der Waals surface area contributed by atoms with Crippen LogP contribution in [-0.2, 0) is 0 Å². The van der Waals surface area contributed by atoms with Gasteiger partial charge in [0, 0.05) is 34.4 Å². The van der Waals surface area contributed by atoms with E-state index >= 15 is 4.39 Å². The van der Waals surface area contributed by atoms with Crippen molar-refractivity contribution in [3.05, 3.63) is 71.2 Å². The second kappa shape index (κ2) is 7.26. The molecule has 1 saturated carbocycles. The Kier molecular flexibility index (Phi) is 5.18. The number of nitrogens with two attached hydrogens (primary N) is 1. The molecule has 0 aromatic carbocycles. The van der Waals surface area contributed by atoms with Crippen molar-refractivity contribution in [3.63, 3.8) is 0 Å². The summed E-state index contributed by atoms with van der Waals surface area (Å²) in [6.07, 6.45) is 11.2. The average Bonchev–Trinajstić information content (AvgIpc) is 3.14. The standard InChI is InChI=1S/C23H30FN3/c1-6-20-22(16(3)23(26-20)11-8-7-9-12-23)15(2)14-21(24)27-13-10-19(17(4)25)18(27)5/h6,10,13-14,26H,3-4,7-9,11-12,25H2,1-2,5H3/b20-6-,21-14+,22-15+. The van der Waals surface area contributed by atoms with Crippen molar-refractivity contribution in [1.29, 1.82) is 0 Å². The number of nitrogens with one attached hydrogen (secondary N) is 1. The van der Waals surface area contributed by atoms with Gasteiger partial charge in [0.15, 0.2) is 5.95 Å². The Hall–Kier alpha value is -2.49. The van der Waals surface area contributed by atoms with Gasteiger partial charge in [0.1, 0.15) is 0 Å². The molecule has 0 radical (unpaired) electrons. The Morgan fingerprint density at radius 1 is 1.33 bits per heavy atom. The summed E-state index contributed by atoms with van der Waals surface area (Å²) in [5.74, 6) is -0.335. The Labute approximate surface area is 161 Å². The van der Waals surface area contributed by atoms with Crippen LogP contribution in [0.1, 0.15) is 57.2 Å². The third-order valence-electron chi connectivity index (χ3n) is 5.97. The van der Waals surface area contributed by atoms with E-state index in [9.17, 15) is 0 Å². The second-order valence-corrected chi connectivity index (χ2v) is 7.68. The quantitative estimate of drug-likeness (QED) is 0.733. The molecule has 3 N–H and O–H groups in total. The summed E-state index contributed by atoms with van der Waals surface area (Å²) in [4.78, 5) is 0. The SMILES string of the molecule is C=C(N)c1ccn(/C(F)=C/C(C)=C2\C(=C)C3(CCCCC3)N\C2=C/C)c1C. The van der Waals surface area contributed by atoms with E-state index in [2.05, 4.69) is 24.6 Å². The molecule has 1 aliphatic carbocycles. The molecule has 1 spiro atoms. The van der Waals surface area contributed by atoms with Crippen LogP contribution >= 0.6 is 0 Å². The van der Waals surface area contributed by atoms with E-state index in [1.54, 1.807) is 18.3 Å². The first-order valence-electron chi connectivity index (χ1n) is 9.66. The van der Waals surface area contributed by atoms with Crippen molar-refractivity contribution in [2.75, 3.05) is 0 Å². The Balaban J connectivity index is 2.00. The van der Waals surface area contributed by atoms with Crippen LogP contribution < -0.4 is 11.1 Å². The van der Waals surface area contributed by atoms with E-state index in [-0.39, 0.29) is 11.5 Å². The molecule has 27 heavy (non-hydrogen) atoms. The zero-order chi connectivity index (χ0) is 19.8. The third-order valence-corrected chi connectivity index (χ3v) is 5.97. The monoisotopic (exact) mass is 367 g/mol. The van der Waals surface area contributed by atoms with E-state index < -0.39 is 0 Å². The highest BCUT2D eigenvalue weighted by Crippen LogP contribution is 2.45. The van der Waals surface area contributed by atoms with Crippen LogP contribution in [-0.4, -0.2) is 10.1 Å². The lowest BCUT2D eigenvalue weighted by atomic mass is 9.76. The summed E-state index contributed by atoms with van der Waals surface area (Å²) in [5.41, 5.74) is 11.7. The maximum atomic E-state index is 15.0. The number of rotatable bonds is 3. The van der Waals surface area contributed by atoms with Crippen LogP contribution in [0.2, 0.25) is 0 Å². The zero-order valence-electron chi connectivity index (χ0n) is 16.7. The first kappa shape index (κ1) is 19.3. The van der Waals surface area contributed by atoms with E-state index in [0.29, 0.717) is 5.70 Å². The fraction of sp³-hybridized carbons (Fsp3) is 0.391. The molecule has 1 saturated heterocycles. The highest BCUT2D eigenvalue weighted by molar-refractivity contribution is 5.66. The maximum absolute atomic E-state index is 15.0. The molecule has 2 heterocycles. The molecular weight excluding hydrogens is 337 g/mol. The molecule has 2 aliphatic rings. The van der Waals surface area contributed by atoms with Crippen LogP contribution in [0.3, 0.4) is 0 Å². The number of aromatic nitrogens is 1. The summed E-state index contributed by atoms with van der Waals surface area (Å²) in [6.45, 7) is 14.0. The molecule has 0 bridgehead atoms. The highest BCUT2D eigenvalue weighted by atomic mass is 19.1. The van der Waals surface area contributed by atoms with Gasteiger partial charge in [-0.2, -0.15) is 4.39 Å². The minimum absolute atomic E-state index is 0.0607. The number of hydrogen-bond acceptors (Lipinski definition) is 2. The molecule has 3 rings (SSSR count). The van der Waals surface area contributed by atoms with E-state index in [1.165, 1.54) is 23.8 Å². The predicted octanol–water partition coefficient (Wildman–Crippen LogP) is 5.58. The fourth-order valence-corrected chi connectivity index (χ4v) is 4.45. The van der Waals surface area contributed by atoms with Gasteiger partial charge in [0.2, 0.25) is 0 Å². The highest BCUT2D eigenvalue weighted by Gasteiger charge is 2.43. The molecule has 1 aliphatic heterocycles.